The van der Waals surface area contributed by atoms with Gasteiger partial charge in [-0.3, -0.25) is 4.79 Å². The normalized spacial score (nSPS) is 10.0. The molecule has 2 aromatic carbocycles. The first-order valence-corrected chi connectivity index (χ1v) is 8.06. The quantitative estimate of drug-likeness (QED) is 0.704. The fourth-order valence-electron chi connectivity index (χ4n) is 2.17. The maximum Gasteiger partial charge on any atom is 0.319 e. The molecular weight excluding hydrogens is 318 g/mol. The van der Waals surface area contributed by atoms with Crippen LogP contribution in [0.2, 0.25) is 0 Å². The first-order chi connectivity index (χ1) is 11.9. The van der Waals surface area contributed by atoms with Crippen LogP contribution in [0.15, 0.2) is 42.5 Å². The van der Waals surface area contributed by atoms with Crippen LogP contribution in [0.4, 0.5) is 16.2 Å². The predicted octanol–water partition coefficient (Wildman–Crippen LogP) is 3.46. The van der Waals surface area contributed by atoms with E-state index in [4.69, 9.17) is 4.74 Å². The van der Waals surface area contributed by atoms with Crippen LogP contribution in [-0.2, 0) is 4.79 Å². The summed E-state index contributed by atoms with van der Waals surface area (Å²) in [6, 6.07) is 12.8. The Labute approximate surface area is 147 Å². The summed E-state index contributed by atoms with van der Waals surface area (Å²) in [4.78, 5) is 23.1. The molecule has 6 heteroatoms. The number of benzene rings is 2. The minimum atomic E-state index is -0.324. The van der Waals surface area contributed by atoms with Crippen LogP contribution in [-0.4, -0.2) is 25.1 Å². The Balaban J connectivity index is 1.79. The van der Waals surface area contributed by atoms with Crippen molar-refractivity contribution in [3.8, 4) is 5.75 Å². The highest BCUT2D eigenvalue weighted by atomic mass is 16.5. The molecule has 0 aliphatic carbocycles. The Bertz CT molecular complexity index is 742. The van der Waals surface area contributed by atoms with Gasteiger partial charge in [-0.25, -0.2) is 4.79 Å². The fraction of sp³-hybridized carbons (Fsp3) is 0.263. The number of carbonyl (C=O) groups excluding carboxylic acids is 2. The second kappa shape index (κ2) is 8.73. The van der Waals surface area contributed by atoms with Crippen LogP contribution in [0, 0.1) is 13.8 Å². The summed E-state index contributed by atoms with van der Waals surface area (Å²) < 4.78 is 5.56. The van der Waals surface area contributed by atoms with Crippen LogP contribution in [0.3, 0.4) is 0 Å². The van der Waals surface area contributed by atoms with Gasteiger partial charge in [0.2, 0.25) is 5.91 Å². The van der Waals surface area contributed by atoms with E-state index in [0.717, 1.165) is 11.3 Å². The topological polar surface area (TPSA) is 79.5 Å². The second-order valence-corrected chi connectivity index (χ2v) is 5.75. The Morgan fingerprint density at radius 2 is 1.72 bits per heavy atom. The van der Waals surface area contributed by atoms with Crippen molar-refractivity contribution >= 4 is 23.3 Å². The molecule has 0 aliphatic rings. The first-order valence-electron chi connectivity index (χ1n) is 8.06. The number of nitrogens with one attached hydrogen (secondary N) is 3. The molecule has 0 aromatic heterocycles. The largest absolute Gasteiger partial charge is 0.492 e. The average Bonchev–Trinajstić information content (AvgIpc) is 2.56. The van der Waals surface area contributed by atoms with E-state index in [1.54, 1.807) is 12.1 Å². The van der Waals surface area contributed by atoms with Gasteiger partial charge in [-0.15, -0.1) is 0 Å². The Kier molecular flexibility index (Phi) is 6.39. The summed E-state index contributed by atoms with van der Waals surface area (Å²) in [6.07, 6.45) is 0. The van der Waals surface area contributed by atoms with Crippen molar-refractivity contribution in [2.24, 2.45) is 0 Å². The number of urea groups is 1. The zero-order valence-corrected chi connectivity index (χ0v) is 14.7. The molecule has 0 saturated heterocycles. The fourth-order valence-corrected chi connectivity index (χ4v) is 2.17. The lowest BCUT2D eigenvalue weighted by molar-refractivity contribution is -0.114. The number of aryl methyl sites for hydroxylation is 2. The summed E-state index contributed by atoms with van der Waals surface area (Å²) in [5, 5.41) is 8.20. The van der Waals surface area contributed by atoms with Gasteiger partial charge in [0, 0.05) is 18.3 Å². The molecular formula is C19H23N3O3. The van der Waals surface area contributed by atoms with Crippen LogP contribution in [0.5, 0.6) is 5.75 Å². The van der Waals surface area contributed by atoms with Crippen molar-refractivity contribution in [2.75, 3.05) is 23.8 Å². The molecule has 0 fully saturated rings. The van der Waals surface area contributed by atoms with E-state index in [-0.39, 0.29) is 11.9 Å². The molecule has 0 heterocycles. The number of hydrogen-bond donors (Lipinski definition) is 3. The van der Waals surface area contributed by atoms with Gasteiger partial charge in [-0.05, 0) is 43.7 Å². The molecule has 3 amide bonds. The van der Waals surface area contributed by atoms with Gasteiger partial charge in [-0.1, -0.05) is 23.8 Å². The molecule has 2 rings (SSSR count). The molecule has 132 valence electrons. The van der Waals surface area contributed by atoms with Crippen LogP contribution in [0.1, 0.15) is 18.1 Å². The van der Waals surface area contributed by atoms with Gasteiger partial charge in [0.1, 0.15) is 12.4 Å². The highest BCUT2D eigenvalue weighted by Crippen LogP contribution is 2.20. The maximum atomic E-state index is 12.0. The summed E-state index contributed by atoms with van der Waals surface area (Å²) in [5.74, 6) is 0.610. The number of amides is 3. The van der Waals surface area contributed by atoms with Gasteiger partial charge in [0.05, 0.1) is 6.54 Å². The van der Waals surface area contributed by atoms with Crippen molar-refractivity contribution in [3.05, 3.63) is 53.6 Å². The van der Waals surface area contributed by atoms with E-state index in [1.165, 1.54) is 12.5 Å². The molecule has 0 bridgehead atoms. The third-order valence-electron chi connectivity index (χ3n) is 3.48. The maximum absolute atomic E-state index is 12.0. The van der Waals surface area contributed by atoms with Gasteiger partial charge in [0.15, 0.2) is 0 Å². The number of hydrogen-bond acceptors (Lipinski definition) is 3. The van der Waals surface area contributed by atoms with E-state index >= 15 is 0 Å². The molecule has 2 aromatic rings. The number of ether oxygens (including phenoxy) is 1. The third kappa shape index (κ3) is 6.18. The molecule has 25 heavy (non-hydrogen) atoms. The molecule has 0 atom stereocenters. The van der Waals surface area contributed by atoms with Gasteiger partial charge in [0.25, 0.3) is 0 Å². The molecule has 0 spiro atoms. The summed E-state index contributed by atoms with van der Waals surface area (Å²) in [6.45, 7) is 6.09. The van der Waals surface area contributed by atoms with E-state index in [1.807, 2.05) is 44.2 Å². The monoisotopic (exact) mass is 341 g/mol. The van der Waals surface area contributed by atoms with Gasteiger partial charge in [-0.2, -0.15) is 0 Å². The van der Waals surface area contributed by atoms with Gasteiger partial charge >= 0.3 is 6.03 Å². The Morgan fingerprint density at radius 1 is 1.00 bits per heavy atom. The highest BCUT2D eigenvalue weighted by molar-refractivity contribution is 5.93. The van der Waals surface area contributed by atoms with Crippen molar-refractivity contribution < 1.29 is 14.3 Å². The lowest BCUT2D eigenvalue weighted by atomic mass is 10.2. The van der Waals surface area contributed by atoms with Crippen molar-refractivity contribution in [3.63, 3.8) is 0 Å². The molecule has 0 radical (unpaired) electrons. The van der Waals surface area contributed by atoms with E-state index in [0.29, 0.717) is 24.5 Å². The van der Waals surface area contributed by atoms with Crippen molar-refractivity contribution in [2.45, 2.75) is 20.8 Å². The highest BCUT2D eigenvalue weighted by Gasteiger charge is 2.06. The SMILES string of the molecule is CC(=O)Nc1ccc(C)c(NC(=O)NCCOc2ccc(C)cc2)c1. The Hall–Kier alpha value is -3.02. The molecule has 6 nitrogen and oxygen atoms in total. The summed E-state index contributed by atoms with van der Waals surface area (Å²) in [7, 11) is 0. The zero-order valence-electron chi connectivity index (χ0n) is 14.7. The number of rotatable bonds is 6. The van der Waals surface area contributed by atoms with E-state index < -0.39 is 0 Å². The van der Waals surface area contributed by atoms with E-state index in [9.17, 15) is 9.59 Å². The van der Waals surface area contributed by atoms with Gasteiger partial charge < -0.3 is 20.7 Å². The van der Waals surface area contributed by atoms with E-state index in [2.05, 4.69) is 16.0 Å². The third-order valence-corrected chi connectivity index (χ3v) is 3.48. The lowest BCUT2D eigenvalue weighted by Crippen LogP contribution is -2.32. The summed E-state index contributed by atoms with van der Waals surface area (Å²) in [5.41, 5.74) is 3.35. The first kappa shape index (κ1) is 18.3. The van der Waals surface area contributed by atoms with Crippen LogP contribution in [0.25, 0.3) is 0 Å². The van der Waals surface area contributed by atoms with Crippen LogP contribution >= 0.6 is 0 Å². The Morgan fingerprint density at radius 3 is 2.40 bits per heavy atom. The minimum Gasteiger partial charge on any atom is -0.492 e. The minimum absolute atomic E-state index is 0.160. The molecule has 0 saturated carbocycles. The molecule has 3 N–H and O–H groups in total. The molecule has 0 unspecified atom stereocenters. The number of carbonyl (C=O) groups is 2. The predicted molar refractivity (Wildman–Crippen MR) is 99.2 cm³/mol. The zero-order chi connectivity index (χ0) is 18.2. The smallest absolute Gasteiger partial charge is 0.319 e. The van der Waals surface area contributed by atoms with Crippen LogP contribution < -0.4 is 20.7 Å². The summed E-state index contributed by atoms with van der Waals surface area (Å²) >= 11 is 0. The standard InChI is InChI=1S/C19H23N3O3/c1-13-4-8-17(9-5-13)25-11-10-20-19(24)22-18-12-16(21-15(3)23)7-6-14(18)2/h4-9,12H,10-11H2,1-3H3,(H,21,23)(H2,20,22,24). The molecule has 0 aliphatic heterocycles. The van der Waals surface area contributed by atoms with Crippen molar-refractivity contribution in [1.82, 2.24) is 5.32 Å². The lowest BCUT2D eigenvalue weighted by Gasteiger charge is -2.12. The average molecular weight is 341 g/mol. The van der Waals surface area contributed by atoms with Crippen molar-refractivity contribution in [1.29, 1.82) is 0 Å². The number of anilines is 2. The second-order valence-electron chi connectivity index (χ2n) is 5.75.